The maximum atomic E-state index is 14.0. The van der Waals surface area contributed by atoms with Crippen molar-refractivity contribution in [2.45, 2.75) is 9.79 Å². The van der Waals surface area contributed by atoms with Crippen molar-refractivity contribution >= 4 is 48.9 Å². The van der Waals surface area contributed by atoms with Gasteiger partial charge in [-0.25, -0.2) is 25.5 Å². The lowest BCUT2D eigenvalue weighted by atomic mass is 10.3. The van der Waals surface area contributed by atoms with Gasteiger partial charge in [0.15, 0.2) is 0 Å². The molecule has 0 spiro atoms. The largest absolute Gasteiger partial charge is 0.277 e. The Hall–Kier alpha value is -1.39. The van der Waals surface area contributed by atoms with Gasteiger partial charge in [-0.05, 0) is 36.4 Å². The molecule has 0 aliphatic rings. The van der Waals surface area contributed by atoms with Crippen LogP contribution < -0.4 is 4.72 Å². The number of hydrogen-bond acceptors (Lipinski definition) is 4. The first kappa shape index (κ1) is 19.9. The molecule has 0 amide bonds. The van der Waals surface area contributed by atoms with E-state index in [4.69, 9.17) is 23.2 Å². The lowest BCUT2D eigenvalue weighted by molar-refractivity contribution is 0.520. The SMILES string of the molecule is CN(C)S(=O)(=O)c1ccc(F)c(NS(=O)(=O)c2ccc(Cl)cc2Cl)c1. The van der Waals surface area contributed by atoms with E-state index in [1.165, 1.54) is 26.2 Å². The van der Waals surface area contributed by atoms with Gasteiger partial charge in [-0.15, -0.1) is 0 Å². The Morgan fingerprint density at radius 1 is 1.00 bits per heavy atom. The molecule has 2 aromatic rings. The summed E-state index contributed by atoms with van der Waals surface area (Å²) in [6, 6.07) is 6.49. The average molecular weight is 427 g/mol. The molecule has 0 unspecified atom stereocenters. The molecule has 0 atom stereocenters. The molecule has 136 valence electrons. The summed E-state index contributed by atoms with van der Waals surface area (Å²) in [6.45, 7) is 0. The van der Waals surface area contributed by atoms with E-state index in [1.54, 1.807) is 0 Å². The molecular formula is C14H13Cl2FN2O4S2. The van der Waals surface area contributed by atoms with Crippen LogP contribution in [0, 0.1) is 5.82 Å². The normalized spacial score (nSPS) is 12.4. The van der Waals surface area contributed by atoms with E-state index in [-0.39, 0.29) is 19.8 Å². The summed E-state index contributed by atoms with van der Waals surface area (Å²) < 4.78 is 66.0. The molecule has 0 fully saturated rings. The number of anilines is 1. The van der Waals surface area contributed by atoms with E-state index in [0.29, 0.717) is 0 Å². The molecular weight excluding hydrogens is 414 g/mol. The van der Waals surface area contributed by atoms with Gasteiger partial charge in [-0.2, -0.15) is 0 Å². The van der Waals surface area contributed by atoms with E-state index >= 15 is 0 Å². The van der Waals surface area contributed by atoms with E-state index in [0.717, 1.165) is 28.6 Å². The fraction of sp³-hybridized carbons (Fsp3) is 0.143. The van der Waals surface area contributed by atoms with Crippen molar-refractivity contribution in [2.75, 3.05) is 18.8 Å². The molecule has 6 nitrogen and oxygen atoms in total. The summed E-state index contributed by atoms with van der Waals surface area (Å²) in [6.07, 6.45) is 0. The molecule has 2 rings (SSSR count). The van der Waals surface area contributed by atoms with Crippen LogP contribution in [0.2, 0.25) is 10.0 Å². The third-order valence-electron chi connectivity index (χ3n) is 3.14. The molecule has 0 aliphatic heterocycles. The van der Waals surface area contributed by atoms with Crippen molar-refractivity contribution in [3.8, 4) is 0 Å². The Morgan fingerprint density at radius 2 is 1.64 bits per heavy atom. The molecule has 0 heterocycles. The van der Waals surface area contributed by atoms with Crippen molar-refractivity contribution < 1.29 is 21.2 Å². The highest BCUT2D eigenvalue weighted by molar-refractivity contribution is 7.92. The third kappa shape index (κ3) is 4.24. The van der Waals surface area contributed by atoms with Crippen LogP contribution in [0.5, 0.6) is 0 Å². The zero-order valence-electron chi connectivity index (χ0n) is 13.0. The number of hydrogen-bond donors (Lipinski definition) is 1. The highest BCUT2D eigenvalue weighted by Gasteiger charge is 2.23. The smallest absolute Gasteiger partial charge is 0.263 e. The van der Waals surface area contributed by atoms with Gasteiger partial charge >= 0.3 is 0 Å². The standard InChI is InChI=1S/C14H13Cl2FN2O4S2/c1-19(2)25(22,23)10-4-5-12(17)13(8-10)18-24(20,21)14-6-3-9(15)7-11(14)16/h3-8,18H,1-2H3. The molecule has 11 heteroatoms. The fourth-order valence-corrected chi connectivity index (χ4v) is 4.61. The Balaban J connectivity index is 2.49. The summed E-state index contributed by atoms with van der Waals surface area (Å²) in [5.41, 5.74) is -0.519. The predicted octanol–water partition coefficient (Wildman–Crippen LogP) is 3.18. The van der Waals surface area contributed by atoms with Crippen molar-refractivity contribution in [3.05, 3.63) is 52.3 Å². The van der Waals surface area contributed by atoms with Crippen LogP contribution in [0.25, 0.3) is 0 Å². The summed E-state index contributed by atoms with van der Waals surface area (Å²) in [7, 11) is -5.51. The van der Waals surface area contributed by atoms with Gasteiger partial charge in [-0.1, -0.05) is 23.2 Å². The van der Waals surface area contributed by atoms with Crippen LogP contribution in [0.3, 0.4) is 0 Å². The fourth-order valence-electron chi connectivity index (χ4n) is 1.85. The Kier molecular flexibility index (Phi) is 5.65. The van der Waals surface area contributed by atoms with Crippen LogP contribution >= 0.6 is 23.2 Å². The summed E-state index contributed by atoms with van der Waals surface area (Å²) in [5, 5.41) is 0.0756. The maximum Gasteiger partial charge on any atom is 0.263 e. The van der Waals surface area contributed by atoms with Gasteiger partial charge in [-0.3, -0.25) is 4.72 Å². The van der Waals surface area contributed by atoms with Gasteiger partial charge < -0.3 is 0 Å². The maximum absolute atomic E-state index is 14.0. The van der Waals surface area contributed by atoms with Gasteiger partial charge in [0.25, 0.3) is 10.0 Å². The Morgan fingerprint density at radius 3 is 2.20 bits per heavy atom. The minimum absolute atomic E-state index is 0.155. The van der Waals surface area contributed by atoms with Crippen LogP contribution in [-0.2, 0) is 20.0 Å². The number of benzene rings is 2. The van der Waals surface area contributed by atoms with E-state index in [2.05, 4.69) is 0 Å². The van der Waals surface area contributed by atoms with Crippen LogP contribution in [0.4, 0.5) is 10.1 Å². The first-order valence-electron chi connectivity index (χ1n) is 6.65. The second kappa shape index (κ2) is 7.08. The first-order valence-corrected chi connectivity index (χ1v) is 10.3. The van der Waals surface area contributed by atoms with Crippen molar-refractivity contribution in [2.24, 2.45) is 0 Å². The molecule has 0 saturated carbocycles. The summed E-state index contributed by atoms with van der Waals surface area (Å²) in [5.74, 6) is -0.939. The second-order valence-electron chi connectivity index (χ2n) is 5.11. The van der Waals surface area contributed by atoms with Crippen LogP contribution in [0.1, 0.15) is 0 Å². The zero-order chi connectivity index (χ0) is 19.0. The number of halogens is 3. The summed E-state index contributed by atoms with van der Waals surface area (Å²) >= 11 is 11.6. The topological polar surface area (TPSA) is 83.6 Å². The number of nitrogens with one attached hydrogen (secondary N) is 1. The van der Waals surface area contributed by atoms with E-state index in [9.17, 15) is 21.2 Å². The van der Waals surface area contributed by atoms with Gasteiger partial charge in [0.2, 0.25) is 10.0 Å². The third-order valence-corrected chi connectivity index (χ3v) is 7.04. The molecule has 25 heavy (non-hydrogen) atoms. The number of sulfonamides is 2. The first-order chi connectivity index (χ1) is 11.4. The van der Waals surface area contributed by atoms with Crippen LogP contribution in [-0.4, -0.2) is 35.2 Å². The lowest BCUT2D eigenvalue weighted by Crippen LogP contribution is -2.22. The molecule has 0 aromatic heterocycles. The Bertz CT molecular complexity index is 1030. The highest BCUT2D eigenvalue weighted by Crippen LogP contribution is 2.28. The molecule has 2 aromatic carbocycles. The molecule has 0 aliphatic carbocycles. The minimum Gasteiger partial charge on any atom is -0.277 e. The molecule has 0 radical (unpaired) electrons. The van der Waals surface area contributed by atoms with Gasteiger partial charge in [0.05, 0.1) is 15.6 Å². The van der Waals surface area contributed by atoms with Crippen molar-refractivity contribution in [1.29, 1.82) is 0 Å². The zero-order valence-corrected chi connectivity index (χ0v) is 16.1. The predicted molar refractivity (Wildman–Crippen MR) is 94.5 cm³/mol. The van der Waals surface area contributed by atoms with Crippen molar-refractivity contribution in [3.63, 3.8) is 0 Å². The van der Waals surface area contributed by atoms with E-state index in [1.807, 2.05) is 4.72 Å². The molecule has 0 bridgehead atoms. The molecule has 1 N–H and O–H groups in total. The average Bonchev–Trinajstić information content (AvgIpc) is 2.48. The number of rotatable bonds is 5. The highest BCUT2D eigenvalue weighted by atomic mass is 35.5. The minimum atomic E-state index is -4.25. The number of nitrogens with zero attached hydrogens (tertiary/aromatic N) is 1. The quantitative estimate of drug-likeness (QED) is 0.795. The van der Waals surface area contributed by atoms with Crippen molar-refractivity contribution in [1.82, 2.24) is 4.31 Å². The monoisotopic (exact) mass is 426 g/mol. The van der Waals surface area contributed by atoms with Gasteiger partial charge in [0, 0.05) is 19.1 Å². The second-order valence-corrected chi connectivity index (χ2v) is 9.76. The van der Waals surface area contributed by atoms with Gasteiger partial charge in [0.1, 0.15) is 10.7 Å². The lowest BCUT2D eigenvalue weighted by Gasteiger charge is -2.14. The van der Waals surface area contributed by atoms with E-state index < -0.39 is 31.6 Å². The van der Waals surface area contributed by atoms with Crippen LogP contribution in [0.15, 0.2) is 46.2 Å². The Labute approximate surface area is 155 Å². The molecule has 0 saturated heterocycles. The summed E-state index contributed by atoms with van der Waals surface area (Å²) in [4.78, 5) is -0.586.